The Morgan fingerprint density at radius 3 is 2.67 bits per heavy atom. The van der Waals surface area contributed by atoms with Gasteiger partial charge in [0.25, 0.3) is 0 Å². The zero-order valence-corrected chi connectivity index (χ0v) is 19.2. The summed E-state index contributed by atoms with van der Waals surface area (Å²) >= 11 is 12.1. The van der Waals surface area contributed by atoms with Crippen molar-refractivity contribution in [2.45, 2.75) is 43.5 Å². The van der Waals surface area contributed by atoms with Crippen LogP contribution >= 0.6 is 23.2 Å². The largest absolute Gasteiger partial charge is 0.353 e. The highest BCUT2D eigenvalue weighted by Gasteiger charge is 2.34. The minimum Gasteiger partial charge on any atom is -0.353 e. The van der Waals surface area contributed by atoms with Gasteiger partial charge in [0.1, 0.15) is 4.90 Å². The molecule has 0 aliphatic carbocycles. The van der Waals surface area contributed by atoms with Gasteiger partial charge >= 0.3 is 0 Å². The predicted molar refractivity (Wildman–Crippen MR) is 120 cm³/mol. The molecule has 0 radical (unpaired) electrons. The molecule has 0 bridgehead atoms. The maximum Gasteiger partial charge on any atom is 0.244 e. The van der Waals surface area contributed by atoms with Crippen LogP contribution in [0.5, 0.6) is 0 Å². The zero-order chi connectivity index (χ0) is 21.7. The smallest absolute Gasteiger partial charge is 0.244 e. The maximum atomic E-state index is 13.1. The van der Waals surface area contributed by atoms with Crippen LogP contribution < -0.4 is 5.32 Å². The van der Waals surface area contributed by atoms with Crippen LogP contribution in [0.1, 0.15) is 31.7 Å². The van der Waals surface area contributed by atoms with E-state index in [2.05, 4.69) is 17.4 Å². The lowest BCUT2D eigenvalue weighted by molar-refractivity contribution is -0.126. The molecule has 2 aromatic carbocycles. The number of nitrogens with one attached hydrogen (secondary N) is 1. The lowest BCUT2D eigenvalue weighted by Crippen LogP contribution is -2.47. The molecular weight excluding hydrogens is 443 g/mol. The molecule has 1 aliphatic heterocycles. The monoisotopic (exact) mass is 468 g/mol. The zero-order valence-electron chi connectivity index (χ0n) is 16.9. The minimum atomic E-state index is -3.82. The molecule has 1 heterocycles. The number of nitrogens with zero attached hydrogens (tertiary/aromatic N) is 1. The Bertz CT molecular complexity index is 983. The number of carbonyl (C=O) groups is 1. The van der Waals surface area contributed by atoms with Crippen molar-refractivity contribution in [2.24, 2.45) is 5.92 Å². The van der Waals surface area contributed by atoms with Crippen LogP contribution in [0.2, 0.25) is 10.0 Å². The first-order valence-electron chi connectivity index (χ1n) is 10.1. The van der Waals surface area contributed by atoms with Crippen LogP contribution in [0, 0.1) is 5.92 Å². The predicted octanol–water partition coefficient (Wildman–Crippen LogP) is 4.53. The number of amides is 1. The summed E-state index contributed by atoms with van der Waals surface area (Å²) in [7, 11) is -3.82. The van der Waals surface area contributed by atoms with E-state index < -0.39 is 10.0 Å². The second-order valence-corrected chi connectivity index (χ2v) is 10.5. The molecule has 0 unspecified atom stereocenters. The van der Waals surface area contributed by atoms with E-state index in [9.17, 15) is 13.2 Å². The van der Waals surface area contributed by atoms with Gasteiger partial charge in [0.15, 0.2) is 0 Å². The summed E-state index contributed by atoms with van der Waals surface area (Å²) in [5.74, 6) is -0.488. The summed E-state index contributed by atoms with van der Waals surface area (Å²) in [5.41, 5.74) is 1.23. The number of benzene rings is 2. The van der Waals surface area contributed by atoms with Crippen LogP contribution in [-0.4, -0.2) is 37.8 Å². The van der Waals surface area contributed by atoms with Gasteiger partial charge in [0.2, 0.25) is 15.9 Å². The van der Waals surface area contributed by atoms with E-state index in [1.54, 1.807) is 6.07 Å². The van der Waals surface area contributed by atoms with Crippen molar-refractivity contribution in [3.05, 3.63) is 64.1 Å². The lowest BCUT2D eigenvalue weighted by atomic mass is 9.98. The highest BCUT2D eigenvalue weighted by Crippen LogP contribution is 2.30. The van der Waals surface area contributed by atoms with Crippen molar-refractivity contribution in [2.75, 3.05) is 13.1 Å². The van der Waals surface area contributed by atoms with E-state index in [0.717, 1.165) is 12.8 Å². The fraction of sp³-hybridized carbons (Fsp3) is 0.409. The average molecular weight is 469 g/mol. The summed E-state index contributed by atoms with van der Waals surface area (Å²) in [5, 5.41) is 3.47. The summed E-state index contributed by atoms with van der Waals surface area (Å²) < 4.78 is 27.5. The number of hydrogen-bond donors (Lipinski definition) is 1. The van der Waals surface area contributed by atoms with Crippen molar-refractivity contribution < 1.29 is 13.2 Å². The van der Waals surface area contributed by atoms with E-state index in [1.807, 2.05) is 25.1 Å². The second-order valence-electron chi connectivity index (χ2n) is 7.71. The van der Waals surface area contributed by atoms with Crippen LogP contribution in [0.3, 0.4) is 0 Å². The molecule has 3 rings (SSSR count). The number of halogens is 2. The summed E-state index contributed by atoms with van der Waals surface area (Å²) in [6.07, 6.45) is 2.98. The molecule has 8 heteroatoms. The molecule has 30 heavy (non-hydrogen) atoms. The summed E-state index contributed by atoms with van der Waals surface area (Å²) in [6, 6.07) is 14.5. The van der Waals surface area contributed by atoms with Crippen molar-refractivity contribution in [1.82, 2.24) is 9.62 Å². The maximum absolute atomic E-state index is 13.1. The van der Waals surface area contributed by atoms with E-state index in [0.29, 0.717) is 24.4 Å². The van der Waals surface area contributed by atoms with Crippen molar-refractivity contribution >= 4 is 39.1 Å². The standard InChI is InChI=1S/C22H26Cl2N2O3S/c1-16(9-10-17-6-3-2-4-7-17)25-22(27)18-8-5-13-26(15-18)30(28,29)21-14-19(23)11-12-20(21)24/h2-4,6-7,11-12,14,16,18H,5,8-10,13,15H2,1H3,(H,25,27)/t16-,18-/m0/s1. The van der Waals surface area contributed by atoms with Gasteiger partial charge in [-0.3, -0.25) is 4.79 Å². The molecule has 0 spiro atoms. The molecule has 5 nitrogen and oxygen atoms in total. The first-order valence-corrected chi connectivity index (χ1v) is 12.3. The normalized spacial score (nSPS) is 18.7. The number of sulfonamides is 1. The molecule has 2 aromatic rings. The summed E-state index contributed by atoms with van der Waals surface area (Å²) in [4.78, 5) is 12.8. The Morgan fingerprint density at radius 1 is 1.20 bits per heavy atom. The van der Waals surface area contributed by atoms with Gasteiger partial charge in [-0.2, -0.15) is 4.31 Å². The lowest BCUT2D eigenvalue weighted by Gasteiger charge is -2.32. The number of hydrogen-bond acceptors (Lipinski definition) is 3. The Balaban J connectivity index is 1.61. The van der Waals surface area contributed by atoms with Gasteiger partial charge < -0.3 is 5.32 Å². The van der Waals surface area contributed by atoms with Gasteiger partial charge in [0.05, 0.1) is 10.9 Å². The highest BCUT2D eigenvalue weighted by molar-refractivity contribution is 7.89. The molecule has 1 aliphatic rings. The molecule has 1 amide bonds. The Hall–Kier alpha value is -1.60. The SMILES string of the molecule is C[C@@H](CCc1ccccc1)NC(=O)[C@H]1CCCN(S(=O)(=O)c2cc(Cl)ccc2Cl)C1. The highest BCUT2D eigenvalue weighted by atomic mass is 35.5. The van der Waals surface area contributed by atoms with Gasteiger partial charge in [-0.25, -0.2) is 8.42 Å². The molecule has 1 saturated heterocycles. The van der Waals surface area contributed by atoms with Gasteiger partial charge in [-0.05, 0) is 56.4 Å². The second kappa shape index (κ2) is 10.1. The van der Waals surface area contributed by atoms with Crippen molar-refractivity contribution in [1.29, 1.82) is 0 Å². The molecular formula is C22H26Cl2N2O3S. The Kier molecular flexibility index (Phi) is 7.80. The van der Waals surface area contributed by atoms with Gasteiger partial charge in [0, 0.05) is 24.2 Å². The third kappa shape index (κ3) is 5.76. The number of aryl methyl sites for hydroxylation is 1. The van der Waals surface area contributed by atoms with E-state index in [4.69, 9.17) is 23.2 Å². The average Bonchev–Trinajstić information content (AvgIpc) is 2.74. The number of rotatable bonds is 7. The molecule has 162 valence electrons. The molecule has 1 N–H and O–H groups in total. The fourth-order valence-electron chi connectivity index (χ4n) is 3.65. The van der Waals surface area contributed by atoms with Crippen molar-refractivity contribution in [3.63, 3.8) is 0 Å². The van der Waals surface area contributed by atoms with Crippen LogP contribution in [0.25, 0.3) is 0 Å². The third-order valence-electron chi connectivity index (χ3n) is 5.36. The Morgan fingerprint density at radius 2 is 1.93 bits per heavy atom. The number of carbonyl (C=O) groups excluding carboxylic acids is 1. The van der Waals surface area contributed by atoms with Crippen LogP contribution in [0.15, 0.2) is 53.4 Å². The van der Waals surface area contributed by atoms with E-state index in [-0.39, 0.29) is 34.3 Å². The van der Waals surface area contributed by atoms with Gasteiger partial charge in [-0.1, -0.05) is 53.5 Å². The Labute approximate surface area is 188 Å². The van der Waals surface area contributed by atoms with Crippen LogP contribution in [0.4, 0.5) is 0 Å². The van der Waals surface area contributed by atoms with E-state index in [1.165, 1.54) is 22.0 Å². The molecule has 0 saturated carbocycles. The molecule has 2 atom stereocenters. The first kappa shape index (κ1) is 23.1. The molecule has 1 fully saturated rings. The topological polar surface area (TPSA) is 66.5 Å². The van der Waals surface area contributed by atoms with E-state index >= 15 is 0 Å². The molecule has 0 aromatic heterocycles. The fourth-order valence-corrected chi connectivity index (χ4v) is 5.91. The van der Waals surface area contributed by atoms with Crippen molar-refractivity contribution in [3.8, 4) is 0 Å². The first-order chi connectivity index (χ1) is 14.3. The quantitative estimate of drug-likeness (QED) is 0.648. The summed E-state index contributed by atoms with van der Waals surface area (Å²) in [6.45, 7) is 2.48. The number of piperidine rings is 1. The third-order valence-corrected chi connectivity index (χ3v) is 7.95. The minimum absolute atomic E-state index is 0.00654. The van der Waals surface area contributed by atoms with Gasteiger partial charge in [-0.15, -0.1) is 0 Å². The van der Waals surface area contributed by atoms with Crippen LogP contribution in [-0.2, 0) is 21.2 Å².